The van der Waals surface area contributed by atoms with Gasteiger partial charge in [0.15, 0.2) is 0 Å². The third-order valence-corrected chi connectivity index (χ3v) is 28.4. The van der Waals surface area contributed by atoms with Crippen LogP contribution >= 0.6 is 92.8 Å². The van der Waals surface area contributed by atoms with E-state index in [1.54, 1.807) is 97.6 Å². The van der Waals surface area contributed by atoms with E-state index in [2.05, 4.69) is 59.8 Å². The molecular weight excluding hydrogens is 1860 g/mol. The van der Waals surface area contributed by atoms with Crippen LogP contribution in [-0.2, 0) is 0 Å². The lowest BCUT2D eigenvalue weighted by atomic mass is 9.83. The van der Waals surface area contributed by atoms with Crippen molar-refractivity contribution in [3.05, 3.63) is 231 Å². The van der Waals surface area contributed by atoms with Crippen LogP contribution in [0.5, 0.6) is 23.5 Å². The predicted molar refractivity (Wildman–Crippen MR) is 506 cm³/mol. The van der Waals surface area contributed by atoms with Crippen LogP contribution < -0.4 is 107 Å². The number of primary amides is 4. The maximum absolute atomic E-state index is 12.3. The Labute approximate surface area is 794 Å². The number of hydrogen-bond donors (Lipinski definition) is 12. The summed E-state index contributed by atoms with van der Waals surface area (Å²) in [6.07, 6.45) is 11.8. The van der Waals surface area contributed by atoms with Gasteiger partial charge in [-0.25, -0.2) is 39.9 Å². The Morgan fingerprint density at radius 1 is 0.288 bits per heavy atom. The van der Waals surface area contributed by atoms with Crippen LogP contribution in [0.4, 0.5) is 47.1 Å². The van der Waals surface area contributed by atoms with Crippen molar-refractivity contribution in [1.29, 1.82) is 0 Å². The highest BCUT2D eigenvalue weighted by atomic mass is 35.5. The number of hydrogen-bond acceptors (Lipinski definition) is 32. The van der Waals surface area contributed by atoms with Gasteiger partial charge in [-0.1, -0.05) is 166 Å². The molecule has 0 aliphatic carbocycles. The number of nitrogens with zero attached hydrogens (tertiary/aromatic N) is 16. The molecule has 8 aliphatic rings. The first-order valence-electron chi connectivity index (χ1n) is 41.5. The maximum Gasteiger partial charge on any atom is 0.268 e. The van der Waals surface area contributed by atoms with Crippen LogP contribution in [0, 0.1) is 0 Å². The number of piperidine rings is 4. The van der Waals surface area contributed by atoms with Crippen LogP contribution in [0.25, 0.3) is 44.5 Å². The van der Waals surface area contributed by atoms with Crippen LogP contribution in [0.3, 0.4) is 0 Å². The van der Waals surface area contributed by atoms with Crippen LogP contribution in [0.15, 0.2) is 146 Å². The predicted octanol–water partition coefficient (Wildman–Crippen LogP) is 11.8. The summed E-state index contributed by atoms with van der Waals surface area (Å²) >= 11 is 50.0. The van der Waals surface area contributed by atoms with Gasteiger partial charge in [0.05, 0.1) is 86.6 Å². The fraction of sp³-hybridized carbons (Fsp3) is 0.273. The van der Waals surface area contributed by atoms with Crippen molar-refractivity contribution in [2.45, 2.75) is 97.9 Å². The Morgan fingerprint density at radius 2 is 0.477 bits per heavy atom. The van der Waals surface area contributed by atoms with Gasteiger partial charge >= 0.3 is 0 Å². The second kappa shape index (κ2) is 36.5. The number of rotatable bonds is 12. The van der Waals surface area contributed by atoms with Gasteiger partial charge in [0.25, 0.3) is 23.6 Å². The molecule has 20 rings (SSSR count). The molecule has 44 heteroatoms. The van der Waals surface area contributed by atoms with Gasteiger partial charge in [0, 0.05) is 173 Å². The van der Waals surface area contributed by atoms with E-state index in [1.165, 1.54) is 0 Å². The quantitative estimate of drug-likeness (QED) is 0.0540. The first-order chi connectivity index (χ1) is 63.2. The van der Waals surface area contributed by atoms with Crippen molar-refractivity contribution >= 4 is 164 Å². The van der Waals surface area contributed by atoms with E-state index in [-0.39, 0.29) is 113 Å². The molecule has 0 radical (unpaired) electrons. The van der Waals surface area contributed by atoms with Crippen molar-refractivity contribution < 1.29 is 38.1 Å². The fourth-order valence-corrected chi connectivity index (χ4v) is 19.6. The summed E-state index contributed by atoms with van der Waals surface area (Å²) in [7, 11) is 0. The van der Waals surface area contributed by atoms with E-state index in [0.29, 0.717) is 193 Å². The highest BCUT2D eigenvalue weighted by Crippen LogP contribution is 2.53. The number of pyridine rings is 4. The molecule has 0 unspecified atom stereocenters. The molecule has 36 nitrogen and oxygen atoms in total. The van der Waals surface area contributed by atoms with E-state index >= 15 is 0 Å². The average Bonchev–Trinajstić information content (AvgIpc) is 1.59. The first kappa shape index (κ1) is 91.3. The molecule has 680 valence electrons. The SMILES string of the molecule is NC(=O)c1nc(N2CCC3(CC2)Oc2ncccc2[C@@H]3N)nc(N)c1-c1cccc(Cl)c1Cl.NC(=O)c1nc(N2CCC3(CC2)Oc2ncccc2[C@@H]3N)nc(N)c1-c1cccc(Cl)c1Cl.NC(=O)c1nc(N2CCC3(CC2)Oc2ncccc2[C@H]3N)nc(N)c1-c1cccc(Cl)c1Cl.NC(=O)c1nc(N2CCC3(CC2)Oc2ncccc2[C@H]3N)nc(N)c1-c1cccc(Cl)c1Cl. The lowest BCUT2D eigenvalue weighted by Gasteiger charge is -2.40. The fourth-order valence-electron chi connectivity index (χ4n) is 18.0. The summed E-state index contributed by atoms with van der Waals surface area (Å²) in [6, 6.07) is 34.1. The van der Waals surface area contributed by atoms with Crippen molar-refractivity contribution in [1.82, 2.24) is 59.8 Å². The molecule has 4 fully saturated rings. The molecule has 0 saturated carbocycles. The molecule has 0 bridgehead atoms. The molecule has 8 aliphatic heterocycles. The number of anilines is 8. The smallest absolute Gasteiger partial charge is 0.268 e. The minimum atomic E-state index is -0.743. The minimum Gasteiger partial charge on any atom is -0.469 e. The number of aromatic nitrogens is 12. The van der Waals surface area contributed by atoms with E-state index in [1.807, 2.05) is 68.1 Å². The Kier molecular flexibility index (Phi) is 25.3. The van der Waals surface area contributed by atoms with E-state index in [9.17, 15) is 19.2 Å². The molecule has 4 amide bonds. The largest absolute Gasteiger partial charge is 0.469 e. The summed E-state index contributed by atoms with van der Waals surface area (Å²) in [5.41, 5.74) is 77.9. The van der Waals surface area contributed by atoms with E-state index in [4.69, 9.17) is 181 Å². The van der Waals surface area contributed by atoms with Crippen LogP contribution in [0.1, 0.15) is 140 Å². The summed E-state index contributed by atoms with van der Waals surface area (Å²) < 4.78 is 24.8. The summed E-state index contributed by atoms with van der Waals surface area (Å²) in [5, 5.41) is 2.23. The van der Waals surface area contributed by atoms with Crippen molar-refractivity contribution in [3.8, 4) is 68.0 Å². The topological polar surface area (TPSA) is 585 Å². The second-order valence-corrected chi connectivity index (χ2v) is 35.7. The number of fused-ring (bicyclic) bond motifs is 4. The number of carbonyl (C=O) groups is 4. The Morgan fingerprint density at radius 3 is 0.652 bits per heavy atom. The third kappa shape index (κ3) is 16.8. The van der Waals surface area contributed by atoms with Crippen LogP contribution in [-0.4, -0.2) is 158 Å². The highest BCUT2D eigenvalue weighted by Gasteiger charge is 2.54. The Balaban J connectivity index is 0.000000123. The normalized spacial score (nSPS) is 18.8. The number of halogens is 8. The zero-order chi connectivity index (χ0) is 93.3. The molecule has 4 atom stereocenters. The van der Waals surface area contributed by atoms with E-state index < -0.39 is 46.0 Å². The number of nitrogens with two attached hydrogens (primary N) is 12. The number of amides is 4. The van der Waals surface area contributed by atoms with Gasteiger partial charge < -0.3 is 107 Å². The van der Waals surface area contributed by atoms with Gasteiger partial charge in [-0.3, -0.25) is 19.2 Å². The third-order valence-electron chi connectivity index (χ3n) is 25.1. The van der Waals surface area contributed by atoms with Crippen LogP contribution in [0.2, 0.25) is 40.2 Å². The minimum absolute atomic E-state index is 0.0209. The standard InChI is InChI=1S/4C22H21Cl2N7O2/c4*23-13-5-1-3-11(15(13)24)14-16(19(27)32)29-21(30-18(14)26)31-9-6-22(7-10-31)17(25)12-4-2-8-28-20(12)33-22/h4*1-5,8,17H,6-7,9-10,25H2,(H2,27,32)(H2,26,29,30)/t4*17-/m1100/s1. The number of nitrogen functional groups attached to an aromatic ring is 4. The molecule has 12 aromatic rings. The monoisotopic (exact) mass is 1940 g/mol. The molecule has 24 N–H and O–H groups in total. The molecule has 4 spiro atoms. The molecular formula is C88H84Cl8N28O8. The molecule has 4 saturated heterocycles. The maximum atomic E-state index is 12.3. The summed E-state index contributed by atoms with van der Waals surface area (Å²) in [4.78, 5) is 110. The number of benzene rings is 4. The molecule has 132 heavy (non-hydrogen) atoms. The van der Waals surface area contributed by atoms with E-state index in [0.717, 1.165) is 22.3 Å². The molecule has 8 aromatic heterocycles. The van der Waals surface area contributed by atoms with Gasteiger partial charge in [0.2, 0.25) is 47.3 Å². The highest BCUT2D eigenvalue weighted by molar-refractivity contribution is 6.46. The van der Waals surface area contributed by atoms with Gasteiger partial charge in [-0.2, -0.15) is 19.9 Å². The van der Waals surface area contributed by atoms with Gasteiger partial charge in [0.1, 0.15) is 68.5 Å². The first-order valence-corrected chi connectivity index (χ1v) is 44.5. The number of carbonyl (C=O) groups excluding carboxylic acids is 4. The average molecular weight is 1950 g/mol. The zero-order valence-corrected chi connectivity index (χ0v) is 75.9. The second-order valence-electron chi connectivity index (χ2n) is 32.5. The zero-order valence-electron chi connectivity index (χ0n) is 69.9. The summed E-state index contributed by atoms with van der Waals surface area (Å²) in [5.74, 6) is 0.923. The van der Waals surface area contributed by atoms with Crippen molar-refractivity contribution in [3.63, 3.8) is 0 Å². The lowest BCUT2D eigenvalue weighted by Crippen LogP contribution is -2.52. The van der Waals surface area contributed by atoms with Gasteiger partial charge in [-0.05, 0) is 48.5 Å². The molecule has 16 heterocycles. The molecule has 4 aromatic carbocycles. The van der Waals surface area contributed by atoms with Gasteiger partial charge in [-0.15, -0.1) is 0 Å². The van der Waals surface area contributed by atoms with Crippen molar-refractivity contribution in [2.75, 3.05) is 94.9 Å². The summed E-state index contributed by atoms with van der Waals surface area (Å²) in [6.45, 7) is 4.42. The van der Waals surface area contributed by atoms with Crippen molar-refractivity contribution in [2.24, 2.45) is 45.9 Å². The Hall–Kier alpha value is -12.6. The Bertz CT molecular complexity index is 5820. The number of ether oxygens (including phenoxy) is 4. The lowest BCUT2D eigenvalue weighted by molar-refractivity contribution is 0.0394.